The zero-order valence-corrected chi connectivity index (χ0v) is 13.6. The highest BCUT2D eigenvalue weighted by atomic mass is 16.2. The minimum absolute atomic E-state index is 0.131. The van der Waals surface area contributed by atoms with Crippen LogP contribution in [0, 0.1) is 0 Å². The van der Waals surface area contributed by atoms with Gasteiger partial charge in [0, 0.05) is 32.2 Å². The van der Waals surface area contributed by atoms with Crippen LogP contribution in [0.5, 0.6) is 0 Å². The number of carbonyl (C=O) groups excluding carboxylic acids is 5. The molecule has 0 saturated heterocycles. The summed E-state index contributed by atoms with van der Waals surface area (Å²) in [4.78, 5) is 57.7. The van der Waals surface area contributed by atoms with Gasteiger partial charge >= 0.3 is 0 Å². The van der Waals surface area contributed by atoms with Crippen LogP contribution >= 0.6 is 0 Å². The van der Waals surface area contributed by atoms with Crippen molar-refractivity contribution >= 4 is 29.5 Å². The zero-order valence-electron chi connectivity index (χ0n) is 13.6. The van der Waals surface area contributed by atoms with Crippen LogP contribution in [0.1, 0.15) is 25.7 Å². The van der Waals surface area contributed by atoms with Crippen molar-refractivity contribution in [2.75, 3.05) is 26.7 Å². The van der Waals surface area contributed by atoms with E-state index in [1.54, 1.807) is 0 Å². The number of carbonyl (C=O) groups is 5. The molecule has 0 aromatic carbocycles. The van der Waals surface area contributed by atoms with Gasteiger partial charge < -0.3 is 16.0 Å². The Kier molecular flexibility index (Phi) is 8.17. The molecule has 0 radical (unpaired) electrons. The minimum Gasteiger partial charge on any atom is -0.358 e. The van der Waals surface area contributed by atoms with E-state index in [0.29, 0.717) is 25.8 Å². The van der Waals surface area contributed by atoms with Crippen molar-refractivity contribution in [3.8, 4) is 0 Å². The number of nitrogens with one attached hydrogen (secondary N) is 3. The van der Waals surface area contributed by atoms with Crippen LogP contribution in [0.2, 0.25) is 0 Å². The smallest absolute Gasteiger partial charge is 0.253 e. The van der Waals surface area contributed by atoms with E-state index in [1.165, 1.54) is 19.2 Å². The molecule has 5 amide bonds. The van der Waals surface area contributed by atoms with Crippen LogP contribution in [0.15, 0.2) is 12.2 Å². The number of hydrogen-bond donors (Lipinski definition) is 3. The third kappa shape index (κ3) is 7.03. The maximum atomic E-state index is 11.6. The van der Waals surface area contributed by atoms with E-state index in [2.05, 4.69) is 16.0 Å². The van der Waals surface area contributed by atoms with Gasteiger partial charge in [0.05, 0.1) is 13.1 Å². The van der Waals surface area contributed by atoms with Gasteiger partial charge in [-0.25, -0.2) is 0 Å². The van der Waals surface area contributed by atoms with Gasteiger partial charge in [-0.15, -0.1) is 0 Å². The number of rotatable bonds is 10. The lowest BCUT2D eigenvalue weighted by Crippen LogP contribution is -2.41. The summed E-state index contributed by atoms with van der Waals surface area (Å²) in [5.41, 5.74) is 0. The van der Waals surface area contributed by atoms with Crippen LogP contribution in [-0.2, 0) is 24.0 Å². The van der Waals surface area contributed by atoms with Crippen molar-refractivity contribution in [1.82, 2.24) is 20.9 Å². The molecule has 1 aliphatic heterocycles. The first-order chi connectivity index (χ1) is 11.4. The monoisotopic (exact) mass is 338 g/mol. The Morgan fingerprint density at radius 1 is 0.875 bits per heavy atom. The molecular formula is C15H22N4O5. The molecule has 1 rings (SSSR count). The third-order valence-electron chi connectivity index (χ3n) is 3.36. The average Bonchev–Trinajstić information content (AvgIpc) is 2.89. The summed E-state index contributed by atoms with van der Waals surface area (Å²) < 4.78 is 0. The van der Waals surface area contributed by atoms with Crippen LogP contribution in [0.4, 0.5) is 0 Å². The highest BCUT2D eigenvalue weighted by Gasteiger charge is 2.22. The lowest BCUT2D eigenvalue weighted by Gasteiger charge is -2.13. The van der Waals surface area contributed by atoms with Gasteiger partial charge in [0.25, 0.3) is 11.8 Å². The number of nitrogens with zero attached hydrogens (tertiary/aromatic N) is 1. The second kappa shape index (κ2) is 10.1. The topological polar surface area (TPSA) is 125 Å². The second-order valence-electron chi connectivity index (χ2n) is 5.20. The van der Waals surface area contributed by atoms with E-state index in [-0.39, 0.29) is 43.1 Å². The summed E-state index contributed by atoms with van der Waals surface area (Å²) in [5.74, 6) is -1.63. The fraction of sp³-hybridized carbons (Fsp3) is 0.533. The molecule has 3 N–H and O–H groups in total. The molecule has 1 aliphatic rings. The molecule has 0 aromatic heterocycles. The van der Waals surface area contributed by atoms with Gasteiger partial charge in [0.1, 0.15) is 0 Å². The number of unbranched alkanes of at least 4 members (excludes halogenated alkanes) is 2. The molecule has 9 heteroatoms. The summed E-state index contributed by atoms with van der Waals surface area (Å²) in [7, 11) is 1.46. The van der Waals surface area contributed by atoms with Crippen LogP contribution in [0.25, 0.3) is 0 Å². The molecule has 9 nitrogen and oxygen atoms in total. The first kappa shape index (κ1) is 19.3. The summed E-state index contributed by atoms with van der Waals surface area (Å²) in [5, 5.41) is 7.18. The van der Waals surface area contributed by atoms with Crippen molar-refractivity contribution in [1.29, 1.82) is 0 Å². The van der Waals surface area contributed by atoms with E-state index >= 15 is 0 Å². The number of likely N-dealkylation sites (N-methyl/N-ethyl adjacent to an activating group) is 1. The number of amides is 5. The quantitative estimate of drug-likeness (QED) is 0.328. The Morgan fingerprint density at radius 3 is 2.08 bits per heavy atom. The van der Waals surface area contributed by atoms with E-state index in [9.17, 15) is 24.0 Å². The molecule has 0 fully saturated rings. The van der Waals surface area contributed by atoms with Gasteiger partial charge in [-0.3, -0.25) is 28.9 Å². The Labute approximate surface area is 139 Å². The molecule has 24 heavy (non-hydrogen) atoms. The van der Waals surface area contributed by atoms with E-state index in [4.69, 9.17) is 0 Å². The normalized spacial score (nSPS) is 13.1. The molecule has 0 aliphatic carbocycles. The molecule has 0 atom stereocenters. The summed E-state index contributed by atoms with van der Waals surface area (Å²) in [6.45, 7) is 0.0282. The van der Waals surface area contributed by atoms with Crippen molar-refractivity contribution in [2.45, 2.75) is 25.7 Å². The van der Waals surface area contributed by atoms with Crippen molar-refractivity contribution in [3.05, 3.63) is 12.2 Å². The van der Waals surface area contributed by atoms with Gasteiger partial charge in [0.2, 0.25) is 17.7 Å². The van der Waals surface area contributed by atoms with E-state index in [0.717, 1.165) is 4.90 Å². The standard InChI is InChI=1S/C15H22N4O5/c1-16-12(21)9-18-13(22)10-17-11(20)5-3-2-4-8-19-14(23)6-7-15(19)24/h6-7H,2-5,8-10H2,1H3,(H,16,21)(H,17,20)(H,18,22). The number of imide groups is 1. The molecule has 0 spiro atoms. The molecule has 132 valence electrons. The zero-order chi connectivity index (χ0) is 17.9. The molecule has 0 saturated carbocycles. The highest BCUT2D eigenvalue weighted by molar-refractivity contribution is 6.12. The Hall–Kier alpha value is -2.71. The van der Waals surface area contributed by atoms with Crippen molar-refractivity contribution in [2.24, 2.45) is 0 Å². The summed E-state index contributed by atoms with van der Waals surface area (Å²) in [6.07, 6.45) is 4.64. The van der Waals surface area contributed by atoms with Crippen molar-refractivity contribution < 1.29 is 24.0 Å². The van der Waals surface area contributed by atoms with Crippen LogP contribution in [-0.4, -0.2) is 61.1 Å². The van der Waals surface area contributed by atoms with Crippen molar-refractivity contribution in [3.63, 3.8) is 0 Å². The highest BCUT2D eigenvalue weighted by Crippen LogP contribution is 2.07. The lowest BCUT2D eigenvalue weighted by molar-refractivity contribution is -0.137. The average molecular weight is 338 g/mol. The second-order valence-corrected chi connectivity index (χ2v) is 5.20. The Balaban J connectivity index is 2.04. The lowest BCUT2D eigenvalue weighted by atomic mass is 10.2. The van der Waals surface area contributed by atoms with Crippen LogP contribution < -0.4 is 16.0 Å². The first-order valence-electron chi connectivity index (χ1n) is 7.71. The largest absolute Gasteiger partial charge is 0.358 e. The minimum atomic E-state index is -0.439. The maximum absolute atomic E-state index is 11.6. The van der Waals surface area contributed by atoms with Gasteiger partial charge in [0.15, 0.2) is 0 Å². The molecule has 0 unspecified atom stereocenters. The maximum Gasteiger partial charge on any atom is 0.253 e. The van der Waals surface area contributed by atoms with E-state index in [1.807, 2.05) is 0 Å². The van der Waals surface area contributed by atoms with Gasteiger partial charge in [-0.1, -0.05) is 6.42 Å². The third-order valence-corrected chi connectivity index (χ3v) is 3.36. The van der Waals surface area contributed by atoms with E-state index < -0.39 is 5.91 Å². The van der Waals surface area contributed by atoms with Gasteiger partial charge in [-0.05, 0) is 12.8 Å². The molecular weight excluding hydrogens is 316 g/mol. The molecule has 1 heterocycles. The molecule has 0 aromatic rings. The van der Waals surface area contributed by atoms with Crippen LogP contribution in [0.3, 0.4) is 0 Å². The predicted octanol–water partition coefficient (Wildman–Crippen LogP) is -1.55. The first-order valence-corrected chi connectivity index (χ1v) is 7.71. The Bertz CT molecular complexity index is 526. The fourth-order valence-corrected chi connectivity index (χ4v) is 1.98. The SMILES string of the molecule is CNC(=O)CNC(=O)CNC(=O)CCCCCN1C(=O)C=CC1=O. The predicted molar refractivity (Wildman–Crippen MR) is 84.4 cm³/mol. The fourth-order valence-electron chi connectivity index (χ4n) is 1.98. The Morgan fingerprint density at radius 2 is 1.46 bits per heavy atom. The summed E-state index contributed by atoms with van der Waals surface area (Å²) in [6, 6.07) is 0. The number of hydrogen-bond acceptors (Lipinski definition) is 5. The summed E-state index contributed by atoms with van der Waals surface area (Å²) >= 11 is 0. The molecule has 0 bridgehead atoms. The van der Waals surface area contributed by atoms with Gasteiger partial charge in [-0.2, -0.15) is 0 Å².